The molecule has 0 aromatic heterocycles. The van der Waals surface area contributed by atoms with E-state index in [4.69, 9.17) is 22.1 Å². The zero-order valence-electron chi connectivity index (χ0n) is 17.0. The average Bonchev–Trinajstić information content (AvgIpc) is 2.66. The summed E-state index contributed by atoms with van der Waals surface area (Å²) < 4.78 is 6.68. The molecule has 0 radical (unpaired) electrons. The van der Waals surface area contributed by atoms with Crippen molar-refractivity contribution < 1.29 is 19.1 Å². The van der Waals surface area contributed by atoms with Gasteiger partial charge < -0.3 is 15.8 Å². The predicted octanol–water partition coefficient (Wildman–Crippen LogP) is 3.51. The number of ether oxygens (including phenoxy) is 1. The van der Waals surface area contributed by atoms with Gasteiger partial charge in [0.25, 0.3) is 0 Å². The number of carbonyl (C=O) groups is 3. The van der Waals surface area contributed by atoms with Crippen molar-refractivity contribution in [1.82, 2.24) is 4.31 Å². The van der Waals surface area contributed by atoms with Gasteiger partial charge in [-0.3, -0.25) is 18.7 Å². The maximum absolute atomic E-state index is 13.1. The van der Waals surface area contributed by atoms with Crippen LogP contribution in [0.3, 0.4) is 0 Å². The lowest BCUT2D eigenvalue weighted by Crippen LogP contribution is -2.37. The van der Waals surface area contributed by atoms with Crippen molar-refractivity contribution in [2.45, 2.75) is 25.2 Å². The molecule has 9 heteroatoms. The molecule has 2 rings (SSSR count). The number of rotatable bonds is 9. The summed E-state index contributed by atoms with van der Waals surface area (Å²) in [7, 11) is 1.55. The zero-order valence-corrected chi connectivity index (χ0v) is 18.5. The number of anilines is 1. The van der Waals surface area contributed by atoms with Crippen molar-refractivity contribution in [1.29, 1.82) is 0 Å². The third kappa shape index (κ3) is 6.96. The second-order valence-corrected chi connectivity index (χ2v) is 8.23. The predicted molar refractivity (Wildman–Crippen MR) is 118 cm³/mol. The van der Waals surface area contributed by atoms with Crippen molar-refractivity contribution in [3.8, 4) is 5.75 Å². The van der Waals surface area contributed by atoms with E-state index in [1.54, 1.807) is 56.5 Å². The normalized spacial score (nSPS) is 11.5. The summed E-state index contributed by atoms with van der Waals surface area (Å²) in [5, 5.41) is 3.23. The van der Waals surface area contributed by atoms with Gasteiger partial charge in [0.15, 0.2) is 0 Å². The van der Waals surface area contributed by atoms with Crippen LogP contribution in [0, 0.1) is 5.92 Å². The molecule has 1 unspecified atom stereocenters. The molecular formula is C21H24ClN3O4S. The maximum atomic E-state index is 13.1. The Kier molecular flexibility index (Phi) is 8.56. The second-order valence-electron chi connectivity index (χ2n) is 6.70. The molecular weight excluding hydrogens is 426 g/mol. The molecule has 7 nitrogen and oxygen atoms in total. The summed E-state index contributed by atoms with van der Waals surface area (Å²) >= 11 is 7.17. The Bertz CT molecular complexity index is 938. The highest BCUT2D eigenvalue weighted by atomic mass is 35.5. The summed E-state index contributed by atoms with van der Waals surface area (Å²) in [6, 6.07) is 12.2. The number of amides is 3. The lowest BCUT2D eigenvalue weighted by Gasteiger charge is -2.24. The molecule has 0 bridgehead atoms. The van der Waals surface area contributed by atoms with Crippen LogP contribution in [0.25, 0.3) is 0 Å². The lowest BCUT2D eigenvalue weighted by atomic mass is 9.99. The summed E-state index contributed by atoms with van der Waals surface area (Å²) in [5.74, 6) is -0.905. The number of nitrogens with two attached hydrogens (primary N) is 1. The molecule has 0 aliphatic heterocycles. The summed E-state index contributed by atoms with van der Waals surface area (Å²) in [6.07, 6.45) is 0.379. The van der Waals surface area contributed by atoms with Crippen molar-refractivity contribution in [2.24, 2.45) is 11.7 Å². The van der Waals surface area contributed by atoms with Gasteiger partial charge in [-0.2, -0.15) is 0 Å². The molecule has 1 atom stereocenters. The SMILES string of the molecule is COc1ccc(Cl)cc1CC(C)C(=O)N(CC(N)=O)Sc1cccc(NC(C)=O)c1. The van der Waals surface area contributed by atoms with Gasteiger partial charge in [-0.1, -0.05) is 24.6 Å². The van der Waals surface area contributed by atoms with Crippen LogP contribution >= 0.6 is 23.5 Å². The van der Waals surface area contributed by atoms with Crippen molar-refractivity contribution in [3.63, 3.8) is 0 Å². The van der Waals surface area contributed by atoms with E-state index in [1.807, 2.05) is 0 Å². The van der Waals surface area contributed by atoms with Gasteiger partial charge in [-0.05, 0) is 60.3 Å². The number of halogens is 1. The average molecular weight is 450 g/mol. The van der Waals surface area contributed by atoms with E-state index >= 15 is 0 Å². The topological polar surface area (TPSA) is 102 Å². The second kappa shape index (κ2) is 10.9. The number of carbonyl (C=O) groups excluding carboxylic acids is 3. The first kappa shape index (κ1) is 23.6. The van der Waals surface area contributed by atoms with Gasteiger partial charge in [0, 0.05) is 28.4 Å². The van der Waals surface area contributed by atoms with E-state index in [1.165, 1.54) is 11.2 Å². The van der Waals surface area contributed by atoms with E-state index in [2.05, 4.69) is 5.32 Å². The van der Waals surface area contributed by atoms with Gasteiger partial charge in [-0.15, -0.1) is 0 Å². The Morgan fingerprint density at radius 1 is 1.23 bits per heavy atom. The van der Waals surface area contributed by atoms with Crippen molar-refractivity contribution >= 4 is 47.0 Å². The molecule has 3 N–H and O–H groups in total. The highest BCUT2D eigenvalue weighted by molar-refractivity contribution is 7.97. The Morgan fingerprint density at radius 2 is 1.97 bits per heavy atom. The van der Waals surface area contributed by atoms with Crippen LogP contribution in [-0.4, -0.2) is 35.7 Å². The van der Waals surface area contributed by atoms with Crippen LogP contribution in [0.4, 0.5) is 5.69 Å². The fraction of sp³-hybridized carbons (Fsp3) is 0.286. The minimum absolute atomic E-state index is 0.202. The van der Waals surface area contributed by atoms with Gasteiger partial charge in [0.1, 0.15) is 12.3 Å². The molecule has 0 spiro atoms. The van der Waals surface area contributed by atoms with E-state index in [9.17, 15) is 14.4 Å². The molecule has 0 saturated carbocycles. The number of hydrogen-bond donors (Lipinski definition) is 2. The maximum Gasteiger partial charge on any atom is 0.238 e. The number of benzene rings is 2. The number of hydrogen-bond acceptors (Lipinski definition) is 5. The van der Waals surface area contributed by atoms with Gasteiger partial charge in [0.05, 0.1) is 7.11 Å². The van der Waals surface area contributed by atoms with E-state index in [-0.39, 0.29) is 18.4 Å². The summed E-state index contributed by atoms with van der Waals surface area (Å²) in [6.45, 7) is 2.93. The van der Waals surface area contributed by atoms with Crippen LogP contribution in [0.15, 0.2) is 47.4 Å². The quantitative estimate of drug-likeness (QED) is 0.570. The molecule has 0 fully saturated rings. The Labute approximate surface area is 185 Å². The number of nitrogens with one attached hydrogen (secondary N) is 1. The third-order valence-corrected chi connectivity index (χ3v) is 5.33. The Hall–Kier alpha value is -2.71. The smallest absolute Gasteiger partial charge is 0.238 e. The first-order chi connectivity index (χ1) is 14.2. The van der Waals surface area contributed by atoms with Crippen LogP contribution in [0.1, 0.15) is 19.4 Å². The van der Waals surface area contributed by atoms with Crippen LogP contribution in [-0.2, 0) is 20.8 Å². The summed E-state index contributed by atoms with van der Waals surface area (Å²) in [5.41, 5.74) is 6.75. The van der Waals surface area contributed by atoms with Crippen LogP contribution in [0.2, 0.25) is 5.02 Å². The Balaban J connectivity index is 2.20. The van der Waals surface area contributed by atoms with E-state index in [0.29, 0.717) is 27.8 Å². The first-order valence-electron chi connectivity index (χ1n) is 9.17. The first-order valence-corrected chi connectivity index (χ1v) is 10.3. The number of primary amides is 1. The molecule has 0 saturated heterocycles. The molecule has 3 amide bonds. The minimum Gasteiger partial charge on any atom is -0.496 e. The van der Waals surface area contributed by atoms with E-state index in [0.717, 1.165) is 17.5 Å². The molecule has 0 aliphatic carbocycles. The minimum atomic E-state index is -0.624. The van der Waals surface area contributed by atoms with E-state index < -0.39 is 11.8 Å². The molecule has 2 aromatic rings. The molecule has 160 valence electrons. The molecule has 2 aromatic carbocycles. The molecule has 30 heavy (non-hydrogen) atoms. The summed E-state index contributed by atoms with van der Waals surface area (Å²) in [4.78, 5) is 36.6. The van der Waals surface area contributed by atoms with Gasteiger partial charge in [-0.25, -0.2) is 0 Å². The van der Waals surface area contributed by atoms with Gasteiger partial charge in [0.2, 0.25) is 17.7 Å². The number of methoxy groups -OCH3 is 1. The molecule has 0 aliphatic rings. The largest absolute Gasteiger partial charge is 0.496 e. The molecule has 0 heterocycles. The monoisotopic (exact) mass is 449 g/mol. The fourth-order valence-electron chi connectivity index (χ4n) is 2.83. The highest BCUT2D eigenvalue weighted by Gasteiger charge is 2.24. The number of nitrogens with zero attached hydrogens (tertiary/aromatic N) is 1. The Morgan fingerprint density at radius 3 is 2.60 bits per heavy atom. The highest BCUT2D eigenvalue weighted by Crippen LogP contribution is 2.29. The van der Waals surface area contributed by atoms with Gasteiger partial charge >= 0.3 is 0 Å². The zero-order chi connectivity index (χ0) is 22.3. The lowest BCUT2D eigenvalue weighted by molar-refractivity contribution is -0.132. The fourth-order valence-corrected chi connectivity index (χ4v) is 4.06. The van der Waals surface area contributed by atoms with Crippen molar-refractivity contribution in [2.75, 3.05) is 19.0 Å². The van der Waals surface area contributed by atoms with Crippen molar-refractivity contribution in [3.05, 3.63) is 53.1 Å². The standard InChI is InChI=1S/C21H24ClN3O4S/c1-13(9-15-10-16(22)7-8-19(15)29-3)21(28)25(12-20(23)27)30-18-6-4-5-17(11-18)24-14(2)26/h4-8,10-11,13H,9,12H2,1-3H3,(H2,23,27)(H,24,26). The van der Waals surface area contributed by atoms with Crippen LogP contribution < -0.4 is 15.8 Å². The third-order valence-electron chi connectivity index (χ3n) is 4.11. The van der Waals surface area contributed by atoms with Crippen LogP contribution in [0.5, 0.6) is 5.75 Å².